The SMILES string of the molecule is Cc1ccc(N(C)S(=O)(=O)c2cccc(C(=O)N(C)Cc3cccnc3)c2)cc1. The maximum absolute atomic E-state index is 13.0. The summed E-state index contributed by atoms with van der Waals surface area (Å²) in [5.74, 6) is -0.260. The number of sulfonamides is 1. The third-order valence-corrected chi connectivity index (χ3v) is 6.41. The van der Waals surface area contributed by atoms with Gasteiger partial charge in [0.05, 0.1) is 10.6 Å². The molecule has 3 aromatic rings. The van der Waals surface area contributed by atoms with E-state index in [-0.39, 0.29) is 10.8 Å². The van der Waals surface area contributed by atoms with E-state index >= 15 is 0 Å². The Morgan fingerprint density at radius 1 is 1.00 bits per heavy atom. The molecule has 150 valence electrons. The van der Waals surface area contributed by atoms with Gasteiger partial charge < -0.3 is 4.90 Å². The van der Waals surface area contributed by atoms with Gasteiger partial charge in [-0.25, -0.2) is 8.42 Å². The Labute approximate surface area is 171 Å². The first-order valence-electron chi connectivity index (χ1n) is 9.09. The van der Waals surface area contributed by atoms with Crippen molar-refractivity contribution in [2.45, 2.75) is 18.4 Å². The number of hydrogen-bond acceptors (Lipinski definition) is 4. The van der Waals surface area contributed by atoms with Gasteiger partial charge in [0.15, 0.2) is 0 Å². The molecule has 0 aliphatic heterocycles. The van der Waals surface area contributed by atoms with Crippen LogP contribution in [0.15, 0.2) is 78.0 Å². The van der Waals surface area contributed by atoms with Crippen LogP contribution in [0, 0.1) is 6.92 Å². The summed E-state index contributed by atoms with van der Waals surface area (Å²) in [6, 6.07) is 17.0. The Kier molecular flexibility index (Phi) is 5.98. The van der Waals surface area contributed by atoms with E-state index in [0.29, 0.717) is 17.8 Å². The number of nitrogens with zero attached hydrogens (tertiary/aromatic N) is 3. The number of benzene rings is 2. The van der Waals surface area contributed by atoms with Crippen LogP contribution in [-0.4, -0.2) is 38.3 Å². The number of hydrogen-bond donors (Lipinski definition) is 0. The molecule has 7 heteroatoms. The van der Waals surface area contributed by atoms with E-state index in [0.717, 1.165) is 11.1 Å². The lowest BCUT2D eigenvalue weighted by Gasteiger charge is -2.21. The fourth-order valence-corrected chi connectivity index (χ4v) is 4.14. The summed E-state index contributed by atoms with van der Waals surface area (Å²) >= 11 is 0. The highest BCUT2D eigenvalue weighted by atomic mass is 32.2. The number of anilines is 1. The van der Waals surface area contributed by atoms with Crippen LogP contribution in [-0.2, 0) is 16.6 Å². The minimum atomic E-state index is -3.79. The van der Waals surface area contributed by atoms with Crippen molar-refractivity contribution >= 4 is 21.6 Å². The van der Waals surface area contributed by atoms with Crippen LogP contribution in [0.2, 0.25) is 0 Å². The number of rotatable bonds is 6. The molecule has 1 heterocycles. The second-order valence-electron chi connectivity index (χ2n) is 6.86. The summed E-state index contributed by atoms with van der Waals surface area (Å²) in [4.78, 5) is 18.5. The molecular formula is C22H23N3O3S. The van der Waals surface area contributed by atoms with E-state index in [2.05, 4.69) is 4.98 Å². The van der Waals surface area contributed by atoms with Crippen LogP contribution in [0.1, 0.15) is 21.5 Å². The van der Waals surface area contributed by atoms with Crippen molar-refractivity contribution in [3.63, 3.8) is 0 Å². The van der Waals surface area contributed by atoms with Crippen molar-refractivity contribution in [3.8, 4) is 0 Å². The zero-order valence-electron chi connectivity index (χ0n) is 16.6. The number of aryl methyl sites for hydroxylation is 1. The zero-order chi connectivity index (χ0) is 21.0. The highest BCUT2D eigenvalue weighted by Crippen LogP contribution is 2.23. The molecule has 2 aromatic carbocycles. The second-order valence-corrected chi connectivity index (χ2v) is 8.83. The number of pyridine rings is 1. The van der Waals surface area contributed by atoms with Crippen LogP contribution >= 0.6 is 0 Å². The summed E-state index contributed by atoms with van der Waals surface area (Å²) in [6.07, 6.45) is 3.37. The summed E-state index contributed by atoms with van der Waals surface area (Å²) in [6.45, 7) is 2.32. The molecule has 0 radical (unpaired) electrons. The van der Waals surface area contributed by atoms with Gasteiger partial charge in [0, 0.05) is 38.6 Å². The molecule has 0 bridgehead atoms. The van der Waals surface area contributed by atoms with E-state index in [9.17, 15) is 13.2 Å². The van der Waals surface area contributed by atoms with Gasteiger partial charge in [-0.1, -0.05) is 29.8 Å². The molecule has 0 spiro atoms. The van der Waals surface area contributed by atoms with Gasteiger partial charge in [0.25, 0.3) is 15.9 Å². The van der Waals surface area contributed by atoms with Crippen molar-refractivity contribution in [1.82, 2.24) is 9.88 Å². The quantitative estimate of drug-likeness (QED) is 0.625. The standard InChI is InChI=1S/C22H23N3O3S/c1-17-9-11-20(12-10-17)25(3)29(27,28)21-8-4-7-19(14-21)22(26)24(2)16-18-6-5-13-23-15-18/h4-15H,16H2,1-3H3. The summed E-state index contributed by atoms with van der Waals surface area (Å²) in [5, 5.41) is 0. The van der Waals surface area contributed by atoms with Crippen molar-refractivity contribution < 1.29 is 13.2 Å². The first-order chi connectivity index (χ1) is 13.8. The summed E-state index contributed by atoms with van der Waals surface area (Å²) in [5.41, 5.74) is 2.81. The molecule has 0 atom stereocenters. The molecule has 0 fully saturated rings. The molecule has 1 amide bonds. The van der Waals surface area contributed by atoms with Gasteiger partial charge in [-0.05, 0) is 48.9 Å². The summed E-state index contributed by atoms with van der Waals surface area (Å²) < 4.78 is 27.3. The molecule has 0 aliphatic carbocycles. The van der Waals surface area contributed by atoms with E-state index < -0.39 is 10.0 Å². The molecule has 29 heavy (non-hydrogen) atoms. The largest absolute Gasteiger partial charge is 0.337 e. The van der Waals surface area contributed by atoms with Gasteiger partial charge >= 0.3 is 0 Å². The normalized spacial score (nSPS) is 11.1. The molecule has 0 saturated carbocycles. The Balaban J connectivity index is 1.84. The predicted molar refractivity (Wildman–Crippen MR) is 113 cm³/mol. The Bertz CT molecular complexity index is 1100. The summed E-state index contributed by atoms with van der Waals surface area (Å²) in [7, 11) is -0.614. The third kappa shape index (κ3) is 4.63. The van der Waals surface area contributed by atoms with Crippen molar-refractivity contribution in [1.29, 1.82) is 0 Å². The molecule has 0 saturated heterocycles. The highest BCUT2D eigenvalue weighted by Gasteiger charge is 2.23. The monoisotopic (exact) mass is 409 g/mol. The minimum absolute atomic E-state index is 0.0706. The molecule has 6 nitrogen and oxygen atoms in total. The molecular weight excluding hydrogens is 386 g/mol. The van der Waals surface area contributed by atoms with Gasteiger partial charge in [0.1, 0.15) is 0 Å². The van der Waals surface area contributed by atoms with Crippen molar-refractivity contribution in [3.05, 3.63) is 89.7 Å². The lowest BCUT2D eigenvalue weighted by atomic mass is 10.2. The maximum Gasteiger partial charge on any atom is 0.264 e. The van der Waals surface area contributed by atoms with Crippen LogP contribution < -0.4 is 4.31 Å². The molecule has 0 N–H and O–H groups in total. The maximum atomic E-state index is 13.0. The lowest BCUT2D eigenvalue weighted by Crippen LogP contribution is -2.28. The van der Waals surface area contributed by atoms with Crippen LogP contribution in [0.25, 0.3) is 0 Å². The van der Waals surface area contributed by atoms with Gasteiger partial charge in [-0.3, -0.25) is 14.1 Å². The third-order valence-electron chi connectivity index (χ3n) is 4.63. The molecule has 0 unspecified atom stereocenters. The first kappa shape index (κ1) is 20.5. The van der Waals surface area contributed by atoms with E-state index in [4.69, 9.17) is 0 Å². The zero-order valence-corrected chi connectivity index (χ0v) is 17.4. The highest BCUT2D eigenvalue weighted by molar-refractivity contribution is 7.92. The molecule has 3 rings (SSSR count). The number of carbonyl (C=O) groups excluding carboxylic acids is 1. The fourth-order valence-electron chi connectivity index (χ4n) is 2.90. The molecule has 0 aliphatic rings. The molecule has 1 aromatic heterocycles. The van der Waals surface area contributed by atoms with Gasteiger partial charge in [-0.2, -0.15) is 0 Å². The van der Waals surface area contributed by atoms with Crippen LogP contribution in [0.4, 0.5) is 5.69 Å². The van der Waals surface area contributed by atoms with E-state index in [1.54, 1.807) is 43.7 Å². The van der Waals surface area contributed by atoms with E-state index in [1.807, 2.05) is 31.2 Å². The fraction of sp³-hybridized carbons (Fsp3) is 0.182. The van der Waals surface area contributed by atoms with Crippen LogP contribution in [0.3, 0.4) is 0 Å². The number of aromatic nitrogens is 1. The average molecular weight is 410 g/mol. The Hall–Kier alpha value is -3.19. The Morgan fingerprint density at radius 2 is 1.72 bits per heavy atom. The Morgan fingerprint density at radius 3 is 2.38 bits per heavy atom. The average Bonchev–Trinajstić information content (AvgIpc) is 2.74. The lowest BCUT2D eigenvalue weighted by molar-refractivity contribution is 0.0784. The van der Waals surface area contributed by atoms with Gasteiger partial charge in [0.2, 0.25) is 0 Å². The first-order valence-corrected chi connectivity index (χ1v) is 10.5. The van der Waals surface area contributed by atoms with Gasteiger partial charge in [-0.15, -0.1) is 0 Å². The smallest absolute Gasteiger partial charge is 0.264 e. The second kappa shape index (κ2) is 8.45. The van der Waals surface area contributed by atoms with Crippen molar-refractivity contribution in [2.75, 3.05) is 18.4 Å². The van der Waals surface area contributed by atoms with Crippen LogP contribution in [0.5, 0.6) is 0 Å². The number of carbonyl (C=O) groups is 1. The van der Waals surface area contributed by atoms with Crippen molar-refractivity contribution in [2.24, 2.45) is 0 Å². The minimum Gasteiger partial charge on any atom is -0.337 e. The van der Waals surface area contributed by atoms with E-state index in [1.165, 1.54) is 28.4 Å². The number of amides is 1. The topological polar surface area (TPSA) is 70.6 Å². The predicted octanol–water partition coefficient (Wildman–Crippen LogP) is 3.49.